The molecule has 0 aromatic carbocycles. The molecule has 0 radical (unpaired) electrons. The van der Waals surface area contributed by atoms with Gasteiger partial charge in [-0.15, -0.1) is 11.3 Å². The van der Waals surface area contributed by atoms with Gasteiger partial charge >= 0.3 is 0 Å². The van der Waals surface area contributed by atoms with E-state index in [1.807, 2.05) is 11.3 Å². The number of aromatic nitrogens is 2. The van der Waals surface area contributed by atoms with Crippen molar-refractivity contribution in [1.29, 1.82) is 0 Å². The Kier molecular flexibility index (Phi) is 3.12. The number of rotatable bonds is 5. The Morgan fingerprint density at radius 1 is 1.56 bits per heavy atom. The summed E-state index contributed by atoms with van der Waals surface area (Å²) in [4.78, 5) is 6.03. The second kappa shape index (κ2) is 4.76. The van der Waals surface area contributed by atoms with E-state index in [9.17, 15) is 0 Å². The first kappa shape index (κ1) is 11.8. The predicted molar refractivity (Wildman–Crippen MR) is 76.3 cm³/mol. The van der Waals surface area contributed by atoms with Crippen LogP contribution in [0.25, 0.3) is 0 Å². The van der Waals surface area contributed by atoms with E-state index in [-0.39, 0.29) is 0 Å². The van der Waals surface area contributed by atoms with Gasteiger partial charge in [0.2, 0.25) is 5.95 Å². The van der Waals surface area contributed by atoms with E-state index in [2.05, 4.69) is 52.4 Å². The SMILES string of the molecule is Cc1cn(C(C)Cc2cccs2)c(NC2CC2)n1. The van der Waals surface area contributed by atoms with Gasteiger partial charge < -0.3 is 9.88 Å². The fraction of sp³-hybridized carbons (Fsp3) is 0.500. The van der Waals surface area contributed by atoms with E-state index in [1.54, 1.807) is 0 Å². The summed E-state index contributed by atoms with van der Waals surface area (Å²) in [6, 6.07) is 5.43. The van der Waals surface area contributed by atoms with Crippen molar-refractivity contribution >= 4 is 17.3 Å². The number of nitrogens with one attached hydrogen (secondary N) is 1. The predicted octanol–water partition coefficient (Wildman–Crippen LogP) is 3.63. The van der Waals surface area contributed by atoms with Gasteiger partial charge in [0.05, 0.1) is 5.69 Å². The number of aryl methyl sites for hydroxylation is 1. The molecule has 2 aromatic rings. The average molecular weight is 261 g/mol. The Morgan fingerprint density at radius 3 is 3.06 bits per heavy atom. The summed E-state index contributed by atoms with van der Waals surface area (Å²) in [5.74, 6) is 1.04. The van der Waals surface area contributed by atoms with Gasteiger partial charge in [0.1, 0.15) is 0 Å². The number of hydrogen-bond donors (Lipinski definition) is 1. The van der Waals surface area contributed by atoms with Gasteiger partial charge in [-0.3, -0.25) is 0 Å². The second-order valence-corrected chi connectivity index (χ2v) is 6.20. The third-order valence-electron chi connectivity index (χ3n) is 3.31. The maximum Gasteiger partial charge on any atom is 0.203 e. The molecule has 1 saturated carbocycles. The zero-order valence-corrected chi connectivity index (χ0v) is 11.7. The Hall–Kier alpha value is -1.29. The van der Waals surface area contributed by atoms with Crippen LogP contribution in [0.15, 0.2) is 23.7 Å². The molecular formula is C14H19N3S. The number of imidazole rings is 1. The van der Waals surface area contributed by atoms with Crippen molar-refractivity contribution < 1.29 is 0 Å². The third-order valence-corrected chi connectivity index (χ3v) is 4.21. The Balaban J connectivity index is 1.76. The van der Waals surface area contributed by atoms with E-state index in [4.69, 9.17) is 0 Å². The molecule has 4 heteroatoms. The molecule has 1 fully saturated rings. The molecule has 18 heavy (non-hydrogen) atoms. The molecule has 0 aliphatic heterocycles. The first-order valence-corrected chi connectivity index (χ1v) is 7.45. The monoisotopic (exact) mass is 261 g/mol. The zero-order chi connectivity index (χ0) is 12.5. The molecule has 1 N–H and O–H groups in total. The molecule has 0 amide bonds. The normalized spacial score (nSPS) is 16.8. The molecule has 0 saturated heterocycles. The minimum absolute atomic E-state index is 0.450. The van der Waals surface area contributed by atoms with Crippen LogP contribution in [0.5, 0.6) is 0 Å². The lowest BCUT2D eigenvalue weighted by atomic mass is 10.2. The Morgan fingerprint density at radius 2 is 2.39 bits per heavy atom. The highest BCUT2D eigenvalue weighted by atomic mass is 32.1. The van der Waals surface area contributed by atoms with Gasteiger partial charge in [-0.2, -0.15) is 0 Å². The van der Waals surface area contributed by atoms with Crippen LogP contribution in [-0.4, -0.2) is 15.6 Å². The molecule has 1 aliphatic carbocycles. The molecule has 1 atom stereocenters. The van der Waals surface area contributed by atoms with Crippen LogP contribution in [0.2, 0.25) is 0 Å². The van der Waals surface area contributed by atoms with E-state index in [1.165, 1.54) is 17.7 Å². The second-order valence-electron chi connectivity index (χ2n) is 5.16. The van der Waals surface area contributed by atoms with Gasteiger partial charge in [0.25, 0.3) is 0 Å². The average Bonchev–Trinajstić information content (AvgIpc) is 2.85. The van der Waals surface area contributed by atoms with Gasteiger partial charge in [-0.05, 0) is 38.1 Å². The van der Waals surface area contributed by atoms with Crippen LogP contribution in [0.4, 0.5) is 5.95 Å². The van der Waals surface area contributed by atoms with E-state index in [0.29, 0.717) is 12.1 Å². The first-order chi connectivity index (χ1) is 8.72. The molecule has 1 aliphatic rings. The van der Waals surface area contributed by atoms with Crippen LogP contribution < -0.4 is 5.32 Å². The van der Waals surface area contributed by atoms with Crippen molar-refractivity contribution in [3.63, 3.8) is 0 Å². The van der Waals surface area contributed by atoms with Crippen LogP contribution in [0.1, 0.15) is 36.4 Å². The fourth-order valence-electron chi connectivity index (χ4n) is 2.19. The quantitative estimate of drug-likeness (QED) is 0.890. The lowest BCUT2D eigenvalue weighted by Crippen LogP contribution is -2.13. The lowest BCUT2D eigenvalue weighted by Gasteiger charge is -2.16. The highest BCUT2D eigenvalue weighted by Gasteiger charge is 2.24. The Labute approximate surface area is 112 Å². The third kappa shape index (κ3) is 2.58. The van der Waals surface area contributed by atoms with Gasteiger partial charge in [0.15, 0.2) is 0 Å². The van der Waals surface area contributed by atoms with E-state index >= 15 is 0 Å². The standard InChI is InChI=1S/C14H19N3S/c1-10-9-17(14(15-10)16-12-5-6-12)11(2)8-13-4-3-7-18-13/h3-4,7,9,11-12H,5-6,8H2,1-2H3,(H,15,16). The zero-order valence-electron chi connectivity index (χ0n) is 10.9. The molecule has 1 unspecified atom stereocenters. The number of hydrogen-bond acceptors (Lipinski definition) is 3. The van der Waals surface area contributed by atoms with Crippen molar-refractivity contribution in [3.05, 3.63) is 34.3 Å². The summed E-state index contributed by atoms with van der Waals surface area (Å²) in [6.07, 6.45) is 5.80. The van der Waals surface area contributed by atoms with Crippen molar-refractivity contribution in [1.82, 2.24) is 9.55 Å². The molecule has 2 heterocycles. The summed E-state index contributed by atoms with van der Waals surface area (Å²) < 4.78 is 2.29. The van der Waals surface area contributed by atoms with Crippen LogP contribution in [0.3, 0.4) is 0 Å². The van der Waals surface area contributed by atoms with Gasteiger partial charge in [-0.25, -0.2) is 4.98 Å². The van der Waals surface area contributed by atoms with Gasteiger partial charge in [-0.1, -0.05) is 6.07 Å². The molecule has 3 rings (SSSR count). The summed E-state index contributed by atoms with van der Waals surface area (Å²) in [5, 5.41) is 5.66. The Bertz CT molecular complexity index is 511. The van der Waals surface area contributed by atoms with E-state index in [0.717, 1.165) is 18.1 Å². The largest absolute Gasteiger partial charge is 0.353 e. The minimum Gasteiger partial charge on any atom is -0.353 e. The highest BCUT2D eigenvalue weighted by molar-refractivity contribution is 7.09. The summed E-state index contributed by atoms with van der Waals surface area (Å²) in [6.45, 7) is 4.32. The van der Waals surface area contributed by atoms with Crippen LogP contribution in [0, 0.1) is 6.92 Å². The lowest BCUT2D eigenvalue weighted by molar-refractivity contribution is 0.552. The summed E-state index contributed by atoms with van der Waals surface area (Å²) in [7, 11) is 0. The fourth-order valence-corrected chi connectivity index (χ4v) is 3.01. The molecule has 2 aromatic heterocycles. The topological polar surface area (TPSA) is 29.9 Å². The summed E-state index contributed by atoms with van der Waals surface area (Å²) in [5.41, 5.74) is 1.09. The number of nitrogens with zero attached hydrogens (tertiary/aromatic N) is 2. The first-order valence-electron chi connectivity index (χ1n) is 6.57. The van der Waals surface area contributed by atoms with Crippen molar-refractivity contribution in [2.75, 3.05) is 5.32 Å². The van der Waals surface area contributed by atoms with Crippen molar-refractivity contribution in [2.45, 2.75) is 45.2 Å². The van der Waals surface area contributed by atoms with Crippen molar-refractivity contribution in [3.8, 4) is 0 Å². The molecule has 0 spiro atoms. The minimum atomic E-state index is 0.450. The molecule has 96 valence electrons. The maximum absolute atomic E-state index is 4.60. The molecular weight excluding hydrogens is 242 g/mol. The molecule has 0 bridgehead atoms. The summed E-state index contributed by atoms with van der Waals surface area (Å²) >= 11 is 1.83. The van der Waals surface area contributed by atoms with Crippen molar-refractivity contribution in [2.24, 2.45) is 0 Å². The van der Waals surface area contributed by atoms with Gasteiger partial charge in [0, 0.05) is 29.6 Å². The van der Waals surface area contributed by atoms with E-state index < -0.39 is 0 Å². The maximum atomic E-state index is 4.60. The number of thiophene rings is 1. The van der Waals surface area contributed by atoms with Crippen LogP contribution in [-0.2, 0) is 6.42 Å². The molecule has 3 nitrogen and oxygen atoms in total. The van der Waals surface area contributed by atoms with Crippen LogP contribution >= 0.6 is 11.3 Å². The smallest absolute Gasteiger partial charge is 0.203 e. The number of anilines is 1. The highest BCUT2D eigenvalue weighted by Crippen LogP contribution is 2.27.